The van der Waals surface area contributed by atoms with E-state index in [2.05, 4.69) is 40.6 Å². The highest BCUT2D eigenvalue weighted by Crippen LogP contribution is 2.35. The van der Waals surface area contributed by atoms with Crippen molar-refractivity contribution in [3.63, 3.8) is 0 Å². The van der Waals surface area contributed by atoms with Gasteiger partial charge in [0.2, 0.25) is 0 Å². The van der Waals surface area contributed by atoms with E-state index in [1.807, 2.05) is 66.7 Å². The smallest absolute Gasteiger partial charge is 0.337 e. The maximum Gasteiger partial charge on any atom is 0.337 e. The first kappa shape index (κ1) is 45.5. The molecule has 3 aliphatic rings. The number of fused-ring (bicyclic) bond motifs is 3. The average Bonchev–Trinajstić information content (AvgIpc) is 3.67. The largest absolute Gasteiger partial charge is 0.492 e. The molecule has 15 heteroatoms. The molecule has 0 aromatic heterocycles. The number of hydrogen-bond acceptors (Lipinski definition) is 12. The van der Waals surface area contributed by atoms with Crippen molar-refractivity contribution in [2.75, 3.05) is 43.8 Å². The lowest BCUT2D eigenvalue weighted by atomic mass is 10.1. The first-order chi connectivity index (χ1) is 29.9. The summed E-state index contributed by atoms with van der Waals surface area (Å²) in [6.45, 7) is 9.88. The van der Waals surface area contributed by atoms with E-state index in [9.17, 15) is 14.4 Å². The molecule has 13 nitrogen and oxygen atoms in total. The predicted molar refractivity (Wildman–Crippen MR) is 238 cm³/mol. The van der Waals surface area contributed by atoms with Crippen LogP contribution in [-0.4, -0.2) is 75.2 Å². The predicted octanol–water partition coefficient (Wildman–Crippen LogP) is 8.50. The minimum absolute atomic E-state index is 0.123. The molecule has 5 aromatic carbocycles. The normalized spacial score (nSPS) is 17.6. The van der Waals surface area contributed by atoms with E-state index < -0.39 is 5.91 Å². The first-order valence-corrected chi connectivity index (χ1v) is 20.8. The Morgan fingerprint density at radius 3 is 1.52 bits per heavy atom. The van der Waals surface area contributed by atoms with Gasteiger partial charge in [-0.25, -0.2) is 15.1 Å². The van der Waals surface area contributed by atoms with Gasteiger partial charge in [-0.15, -0.1) is 0 Å². The van der Waals surface area contributed by atoms with Crippen LogP contribution in [0.4, 0.5) is 11.4 Å². The van der Waals surface area contributed by atoms with Gasteiger partial charge in [-0.05, 0) is 81.4 Å². The van der Waals surface area contributed by atoms with Gasteiger partial charge in [0.15, 0.2) is 0 Å². The van der Waals surface area contributed by atoms with E-state index in [0.717, 1.165) is 40.4 Å². The lowest BCUT2D eigenvalue weighted by Crippen LogP contribution is -2.35. The SMILES string of the molecule is COC(=O)c1ccc2c(c1)OC[C@H](C)N(c1ccccc1Cl)C2.COC(=O)c1ccc2c(c1)OC[C@H](C)NC2.C[C@H]1COc2cc(C(=O)NO)ccc2CN1c1ccccc1Cl. The lowest BCUT2D eigenvalue weighted by Gasteiger charge is -2.29. The Hall–Kier alpha value is -5.99. The van der Waals surface area contributed by atoms with Crippen molar-refractivity contribution in [3.8, 4) is 17.2 Å². The van der Waals surface area contributed by atoms with Crippen molar-refractivity contribution >= 4 is 52.4 Å². The quantitative estimate of drug-likeness (QED) is 0.0883. The molecule has 0 radical (unpaired) electrons. The zero-order chi connectivity index (χ0) is 44.3. The van der Waals surface area contributed by atoms with E-state index in [-0.39, 0.29) is 24.0 Å². The van der Waals surface area contributed by atoms with Crippen LogP contribution in [0, 0.1) is 0 Å². The Labute approximate surface area is 371 Å². The summed E-state index contributed by atoms with van der Waals surface area (Å²) >= 11 is 12.7. The number of nitrogens with zero attached hydrogens (tertiary/aromatic N) is 2. The molecule has 1 amide bonds. The third-order valence-corrected chi connectivity index (χ3v) is 11.2. The molecule has 0 spiro atoms. The van der Waals surface area contributed by atoms with Crippen LogP contribution in [0.1, 0.15) is 68.5 Å². The molecule has 0 fully saturated rings. The molecule has 0 bridgehead atoms. The van der Waals surface area contributed by atoms with E-state index in [1.165, 1.54) is 14.2 Å². The summed E-state index contributed by atoms with van der Waals surface area (Å²) in [6, 6.07) is 32.0. The number of methoxy groups -OCH3 is 2. The Morgan fingerprint density at radius 2 is 1.05 bits per heavy atom. The topological polar surface area (TPSA) is 148 Å². The number of carbonyl (C=O) groups is 3. The van der Waals surface area contributed by atoms with Gasteiger partial charge in [-0.2, -0.15) is 0 Å². The summed E-state index contributed by atoms with van der Waals surface area (Å²) in [7, 11) is 2.74. The second-order valence-corrected chi connectivity index (χ2v) is 15.8. The minimum atomic E-state index is -0.559. The van der Waals surface area contributed by atoms with Crippen molar-refractivity contribution in [2.45, 2.75) is 58.5 Å². The third kappa shape index (κ3) is 11.1. The molecule has 326 valence electrons. The highest BCUT2D eigenvalue weighted by Gasteiger charge is 2.26. The molecule has 3 atom stereocenters. The van der Waals surface area contributed by atoms with Crippen LogP contribution in [0.5, 0.6) is 17.2 Å². The molecule has 0 aliphatic carbocycles. The van der Waals surface area contributed by atoms with Crippen LogP contribution in [0.25, 0.3) is 0 Å². The van der Waals surface area contributed by atoms with E-state index in [4.69, 9.17) is 47.4 Å². The second-order valence-electron chi connectivity index (χ2n) is 15.0. The molecule has 3 heterocycles. The summed E-state index contributed by atoms with van der Waals surface area (Å²) in [5, 5.41) is 13.5. The van der Waals surface area contributed by atoms with Crippen molar-refractivity contribution in [2.24, 2.45) is 0 Å². The minimum Gasteiger partial charge on any atom is -0.492 e. The van der Waals surface area contributed by atoms with Crippen molar-refractivity contribution in [1.29, 1.82) is 0 Å². The number of ether oxygens (including phenoxy) is 5. The Balaban J connectivity index is 0.000000158. The monoisotopic (exact) mass is 884 g/mol. The average molecular weight is 886 g/mol. The number of hydrogen-bond donors (Lipinski definition) is 3. The van der Waals surface area contributed by atoms with E-state index in [1.54, 1.807) is 41.9 Å². The van der Waals surface area contributed by atoms with Crippen LogP contribution in [0.2, 0.25) is 10.0 Å². The van der Waals surface area contributed by atoms with Gasteiger partial charge in [0, 0.05) is 47.9 Å². The Bertz CT molecular complexity index is 2260. The zero-order valence-electron chi connectivity index (χ0n) is 35.2. The summed E-state index contributed by atoms with van der Waals surface area (Å²) in [5.74, 6) is 0.867. The number of carbonyl (C=O) groups excluding carboxylic acids is 3. The fourth-order valence-electron chi connectivity index (χ4n) is 7.02. The van der Waals surface area contributed by atoms with Gasteiger partial charge in [-0.1, -0.05) is 65.7 Å². The van der Waals surface area contributed by atoms with Crippen LogP contribution in [0.15, 0.2) is 103 Å². The Morgan fingerprint density at radius 1 is 0.629 bits per heavy atom. The van der Waals surface area contributed by atoms with Gasteiger partial charge < -0.3 is 38.8 Å². The standard InChI is InChI=1S/C18H18ClNO3.C17H17ClN2O3.C12H15NO3/c1-12-11-23-17-9-13(18(21)22-2)7-8-14(17)10-20(12)16-6-4-3-5-15(16)19;1-11-10-23-16-8-12(17(21)19-22)6-7-13(16)9-20(11)15-5-3-2-4-14(15)18;1-8-7-16-11-5-9(12(14)15-2)3-4-10(11)6-13-8/h3-9,12H,10-11H2,1-2H3;2-8,11,22H,9-10H2,1H3,(H,19,21);3-5,8,13H,6-7H2,1-2H3/t12-;11-;8-/m000/s1. The van der Waals surface area contributed by atoms with Crippen LogP contribution in [0.3, 0.4) is 0 Å². The van der Waals surface area contributed by atoms with Gasteiger partial charge in [-0.3, -0.25) is 10.0 Å². The van der Waals surface area contributed by atoms with Gasteiger partial charge in [0.1, 0.15) is 37.1 Å². The molecular formula is C47H50Cl2N4O9. The number of amides is 1. The molecule has 8 rings (SSSR count). The van der Waals surface area contributed by atoms with E-state index >= 15 is 0 Å². The molecule has 0 saturated heterocycles. The van der Waals surface area contributed by atoms with Crippen LogP contribution >= 0.6 is 23.2 Å². The summed E-state index contributed by atoms with van der Waals surface area (Å²) in [6.07, 6.45) is 0. The van der Waals surface area contributed by atoms with Crippen LogP contribution in [-0.2, 0) is 29.1 Å². The third-order valence-electron chi connectivity index (χ3n) is 10.6. The highest BCUT2D eigenvalue weighted by molar-refractivity contribution is 6.33. The molecule has 62 heavy (non-hydrogen) atoms. The number of hydroxylamine groups is 1. The summed E-state index contributed by atoms with van der Waals surface area (Å²) in [4.78, 5) is 39.0. The van der Waals surface area contributed by atoms with E-state index in [0.29, 0.717) is 77.2 Å². The fourth-order valence-corrected chi connectivity index (χ4v) is 7.51. The maximum absolute atomic E-state index is 11.7. The van der Waals surface area contributed by atoms with Gasteiger partial charge >= 0.3 is 11.9 Å². The summed E-state index contributed by atoms with van der Waals surface area (Å²) < 4.78 is 26.8. The molecule has 0 saturated carbocycles. The lowest BCUT2D eigenvalue weighted by molar-refractivity contribution is 0.0591. The maximum atomic E-state index is 11.7. The van der Waals surface area contributed by atoms with Crippen molar-refractivity contribution < 1.29 is 43.3 Å². The van der Waals surface area contributed by atoms with Crippen molar-refractivity contribution in [1.82, 2.24) is 10.8 Å². The highest BCUT2D eigenvalue weighted by atomic mass is 35.5. The first-order valence-electron chi connectivity index (χ1n) is 20.0. The molecule has 0 unspecified atom stereocenters. The number of anilines is 2. The molecule has 3 aliphatic heterocycles. The fraction of sp³-hybridized carbons (Fsp3) is 0.298. The summed E-state index contributed by atoms with van der Waals surface area (Å²) in [5.41, 5.74) is 7.98. The number of rotatable bonds is 5. The zero-order valence-corrected chi connectivity index (χ0v) is 36.7. The number of halogens is 2. The van der Waals surface area contributed by atoms with Gasteiger partial charge in [0.25, 0.3) is 5.91 Å². The molecular weight excluding hydrogens is 835 g/mol. The number of para-hydroxylation sites is 2. The van der Waals surface area contributed by atoms with Crippen molar-refractivity contribution in [3.05, 3.63) is 147 Å². The van der Waals surface area contributed by atoms with Crippen LogP contribution < -0.4 is 34.8 Å². The number of nitrogens with one attached hydrogen (secondary N) is 2. The Kier molecular flexibility index (Phi) is 15.6. The molecule has 3 N–H and O–H groups in total. The molecule has 5 aromatic rings. The number of esters is 2. The second kappa shape index (κ2) is 21.2. The van der Waals surface area contributed by atoms with Gasteiger partial charge in [0.05, 0.1) is 58.9 Å². The number of benzene rings is 5.